The molecule has 116 valence electrons. The quantitative estimate of drug-likeness (QED) is 0.490. The summed E-state index contributed by atoms with van der Waals surface area (Å²) >= 11 is 0. The summed E-state index contributed by atoms with van der Waals surface area (Å²) in [5.74, 6) is 0.164. The summed E-state index contributed by atoms with van der Waals surface area (Å²) in [6.07, 6.45) is 0. The maximum absolute atomic E-state index is 12.5. The van der Waals surface area contributed by atoms with Gasteiger partial charge in [-0.15, -0.1) is 0 Å². The zero-order chi connectivity index (χ0) is 16.5. The molecule has 0 aliphatic carbocycles. The van der Waals surface area contributed by atoms with Gasteiger partial charge in [0.1, 0.15) is 5.75 Å². The van der Waals surface area contributed by atoms with Crippen molar-refractivity contribution in [3.8, 4) is 5.75 Å². The molecule has 2 rings (SSSR count). The van der Waals surface area contributed by atoms with Crippen molar-refractivity contribution in [3.05, 3.63) is 63.2 Å². The topological polar surface area (TPSA) is 86.5 Å². The van der Waals surface area contributed by atoms with Crippen LogP contribution in [0.5, 0.6) is 5.75 Å². The average molecular weight is 321 g/mol. The molecular formula is C15H15NO5S. The van der Waals surface area contributed by atoms with Gasteiger partial charge in [0.25, 0.3) is 5.69 Å². The van der Waals surface area contributed by atoms with Crippen LogP contribution < -0.4 is 4.18 Å². The molecule has 2 aromatic carbocycles. The second kappa shape index (κ2) is 5.76. The van der Waals surface area contributed by atoms with E-state index in [1.54, 1.807) is 26.0 Å². The van der Waals surface area contributed by atoms with Gasteiger partial charge >= 0.3 is 10.1 Å². The van der Waals surface area contributed by atoms with Gasteiger partial charge < -0.3 is 4.18 Å². The first kappa shape index (κ1) is 16.0. The van der Waals surface area contributed by atoms with E-state index in [1.165, 1.54) is 19.1 Å². The van der Waals surface area contributed by atoms with Gasteiger partial charge in [0.15, 0.2) is 4.90 Å². The molecule has 2 aromatic rings. The molecule has 6 nitrogen and oxygen atoms in total. The third-order valence-electron chi connectivity index (χ3n) is 3.18. The zero-order valence-corrected chi connectivity index (χ0v) is 13.2. The van der Waals surface area contributed by atoms with Crippen LogP contribution in [0.3, 0.4) is 0 Å². The normalized spacial score (nSPS) is 11.2. The van der Waals surface area contributed by atoms with Crippen LogP contribution in [0.15, 0.2) is 41.3 Å². The Kier molecular flexibility index (Phi) is 4.18. The number of benzene rings is 2. The molecule has 0 aliphatic rings. The van der Waals surface area contributed by atoms with Crippen LogP contribution in [-0.4, -0.2) is 13.3 Å². The van der Waals surface area contributed by atoms with Crippen molar-refractivity contribution in [1.29, 1.82) is 0 Å². The monoisotopic (exact) mass is 321 g/mol. The number of hydrogen-bond acceptors (Lipinski definition) is 5. The van der Waals surface area contributed by atoms with Crippen molar-refractivity contribution < 1.29 is 17.5 Å². The Morgan fingerprint density at radius 1 is 1.05 bits per heavy atom. The number of nitrogens with zero attached hydrogens (tertiary/aromatic N) is 1. The standard InChI is InChI=1S/C15H15NO5S/c1-10-7-8-11(2)14(9-10)21-22(19,20)15-12(3)5-4-6-13(15)16(17)18/h4-9H,1-3H3. The molecule has 0 radical (unpaired) electrons. The second-order valence-corrected chi connectivity index (χ2v) is 6.47. The van der Waals surface area contributed by atoms with Gasteiger partial charge in [-0.1, -0.05) is 24.3 Å². The first-order valence-corrected chi connectivity index (χ1v) is 7.89. The van der Waals surface area contributed by atoms with Crippen LogP contribution in [0.2, 0.25) is 0 Å². The number of nitro groups is 1. The highest BCUT2D eigenvalue weighted by molar-refractivity contribution is 7.87. The molecule has 0 aromatic heterocycles. The molecule has 0 aliphatic heterocycles. The summed E-state index contributed by atoms with van der Waals surface area (Å²) in [6, 6.07) is 9.21. The first-order chi connectivity index (χ1) is 10.2. The average Bonchev–Trinajstić information content (AvgIpc) is 2.42. The highest BCUT2D eigenvalue weighted by atomic mass is 32.2. The Morgan fingerprint density at radius 3 is 2.36 bits per heavy atom. The van der Waals surface area contributed by atoms with Crippen molar-refractivity contribution >= 4 is 15.8 Å². The fourth-order valence-electron chi connectivity index (χ4n) is 2.06. The van der Waals surface area contributed by atoms with Gasteiger partial charge in [0, 0.05) is 6.07 Å². The molecule has 7 heteroatoms. The van der Waals surface area contributed by atoms with Gasteiger partial charge in [-0.3, -0.25) is 10.1 Å². The van der Waals surface area contributed by atoms with Crippen LogP contribution in [0.1, 0.15) is 16.7 Å². The lowest BCUT2D eigenvalue weighted by Gasteiger charge is -2.12. The zero-order valence-electron chi connectivity index (χ0n) is 12.4. The van der Waals surface area contributed by atoms with E-state index >= 15 is 0 Å². The third kappa shape index (κ3) is 3.09. The van der Waals surface area contributed by atoms with Gasteiger partial charge in [-0.25, -0.2) is 0 Å². The second-order valence-electron chi connectivity index (χ2n) is 4.99. The van der Waals surface area contributed by atoms with Crippen LogP contribution in [-0.2, 0) is 10.1 Å². The smallest absolute Gasteiger partial charge is 0.346 e. The minimum absolute atomic E-state index is 0.164. The Morgan fingerprint density at radius 2 is 1.73 bits per heavy atom. The maximum Gasteiger partial charge on any atom is 0.346 e. The SMILES string of the molecule is Cc1ccc(C)c(OS(=O)(=O)c2c(C)cccc2[N+](=O)[O-])c1. The molecule has 0 unspecified atom stereocenters. The van der Waals surface area contributed by atoms with Crippen molar-refractivity contribution in [3.63, 3.8) is 0 Å². The lowest BCUT2D eigenvalue weighted by molar-refractivity contribution is -0.388. The summed E-state index contributed by atoms with van der Waals surface area (Å²) in [6.45, 7) is 5.00. The van der Waals surface area contributed by atoms with Gasteiger partial charge in [0.05, 0.1) is 4.92 Å². The van der Waals surface area contributed by atoms with Gasteiger partial charge in [0.2, 0.25) is 0 Å². The molecule has 0 spiro atoms. The van der Waals surface area contributed by atoms with Crippen molar-refractivity contribution in [1.82, 2.24) is 0 Å². The maximum atomic E-state index is 12.5. The lowest BCUT2D eigenvalue weighted by Crippen LogP contribution is -2.14. The summed E-state index contributed by atoms with van der Waals surface area (Å²) in [5.41, 5.74) is 1.23. The number of rotatable bonds is 4. The van der Waals surface area contributed by atoms with Crippen LogP contribution in [0, 0.1) is 30.9 Å². The van der Waals surface area contributed by atoms with Gasteiger partial charge in [-0.05, 0) is 43.5 Å². The Hall–Kier alpha value is -2.41. The molecule has 0 saturated heterocycles. The third-order valence-corrected chi connectivity index (χ3v) is 4.61. The van der Waals surface area contributed by atoms with Crippen LogP contribution >= 0.6 is 0 Å². The molecule has 0 heterocycles. The molecule has 0 fully saturated rings. The number of nitro benzene ring substituents is 1. The Bertz CT molecular complexity index is 843. The van der Waals surface area contributed by atoms with E-state index in [4.69, 9.17) is 4.18 Å². The lowest BCUT2D eigenvalue weighted by atomic mass is 10.1. The van der Waals surface area contributed by atoms with Gasteiger partial charge in [-0.2, -0.15) is 8.42 Å². The predicted octanol–water partition coefficient (Wildman–Crippen LogP) is 3.29. The molecular weight excluding hydrogens is 306 g/mol. The predicted molar refractivity (Wildman–Crippen MR) is 81.6 cm³/mol. The van der Waals surface area contributed by atoms with Crippen LogP contribution in [0.4, 0.5) is 5.69 Å². The Labute approximate surface area is 128 Å². The van der Waals surface area contributed by atoms with E-state index in [9.17, 15) is 18.5 Å². The first-order valence-electron chi connectivity index (χ1n) is 6.48. The fraction of sp³-hybridized carbons (Fsp3) is 0.200. The summed E-state index contributed by atoms with van der Waals surface area (Å²) in [5, 5.41) is 11.1. The Balaban J connectivity index is 2.57. The summed E-state index contributed by atoms with van der Waals surface area (Å²) in [7, 11) is -4.30. The summed E-state index contributed by atoms with van der Waals surface area (Å²) < 4.78 is 30.1. The molecule has 22 heavy (non-hydrogen) atoms. The van der Waals surface area contributed by atoms with E-state index in [1.807, 2.05) is 6.07 Å². The molecule has 0 bridgehead atoms. The number of hydrogen-bond donors (Lipinski definition) is 0. The molecule has 0 N–H and O–H groups in total. The minimum Gasteiger partial charge on any atom is -0.378 e. The molecule has 0 atom stereocenters. The van der Waals surface area contributed by atoms with E-state index in [0.29, 0.717) is 5.56 Å². The van der Waals surface area contributed by atoms with Crippen LogP contribution in [0.25, 0.3) is 0 Å². The number of aryl methyl sites for hydroxylation is 3. The van der Waals surface area contributed by atoms with Crippen molar-refractivity contribution in [2.75, 3.05) is 0 Å². The highest BCUT2D eigenvalue weighted by Gasteiger charge is 2.30. The van der Waals surface area contributed by atoms with Crippen molar-refractivity contribution in [2.24, 2.45) is 0 Å². The fourth-order valence-corrected chi connectivity index (χ4v) is 3.42. The van der Waals surface area contributed by atoms with Crippen molar-refractivity contribution in [2.45, 2.75) is 25.7 Å². The highest BCUT2D eigenvalue weighted by Crippen LogP contribution is 2.31. The minimum atomic E-state index is -4.30. The molecule has 0 amide bonds. The van der Waals surface area contributed by atoms with E-state index in [-0.39, 0.29) is 11.3 Å². The van der Waals surface area contributed by atoms with E-state index in [0.717, 1.165) is 11.6 Å². The summed E-state index contributed by atoms with van der Waals surface area (Å²) in [4.78, 5) is 9.93. The van der Waals surface area contributed by atoms with E-state index in [2.05, 4.69) is 0 Å². The largest absolute Gasteiger partial charge is 0.378 e. The molecule has 0 saturated carbocycles. The van der Waals surface area contributed by atoms with E-state index < -0.39 is 25.6 Å².